The van der Waals surface area contributed by atoms with Crippen LogP contribution in [0.1, 0.15) is 0 Å². The number of methoxy groups -OCH3 is 1. The molecule has 69 heavy (non-hydrogen) atoms. The van der Waals surface area contributed by atoms with Crippen molar-refractivity contribution < 1.29 is 69.5 Å². The van der Waals surface area contributed by atoms with Gasteiger partial charge in [0.2, 0.25) is 0 Å². The summed E-state index contributed by atoms with van der Waals surface area (Å²) >= 11 is 3.59. The summed E-state index contributed by atoms with van der Waals surface area (Å²) in [5.74, 6) is 0.868. The van der Waals surface area contributed by atoms with Gasteiger partial charge in [0, 0.05) is 19.6 Å². The fraction of sp³-hybridized carbons (Fsp3) is 0.0851. The maximum Gasteiger partial charge on any atom is 0.470 e. The molecule has 0 heterocycles. The van der Waals surface area contributed by atoms with Crippen molar-refractivity contribution in [2.24, 2.45) is 0 Å². The van der Waals surface area contributed by atoms with Gasteiger partial charge in [0.1, 0.15) is 5.75 Å². The fourth-order valence-corrected chi connectivity index (χ4v) is 15.5. The molecule has 7 nitrogen and oxygen atoms in total. The van der Waals surface area contributed by atoms with E-state index in [1.54, 1.807) is 30.6 Å². The minimum atomic E-state index is -8.02. The van der Waals surface area contributed by atoms with Gasteiger partial charge in [-0.05, 0) is 119 Å². The summed E-state index contributed by atoms with van der Waals surface area (Å²) in [6.07, 6.45) is 0. The Morgan fingerprint density at radius 2 is 0.623 bits per heavy atom. The van der Waals surface area contributed by atoms with Crippen molar-refractivity contribution in [1.82, 2.24) is 0 Å². The van der Waals surface area contributed by atoms with Crippen molar-refractivity contribution in [3.63, 3.8) is 0 Å². The summed E-state index contributed by atoms with van der Waals surface area (Å²) in [6.45, 7) is 0. The second-order valence-corrected chi connectivity index (χ2v) is 24.7. The van der Waals surface area contributed by atoms with Crippen molar-refractivity contribution in [3.05, 3.63) is 186 Å². The molecule has 0 bridgehead atoms. The molecule has 0 N–H and O–H groups in total. The topological polar surface area (TPSA) is 112 Å². The van der Waals surface area contributed by atoms with E-state index in [0.717, 1.165) is 5.75 Å². The molecule has 7 rings (SSSR count). The summed E-state index contributed by atoms with van der Waals surface area (Å²) < 4.78 is 173. The van der Waals surface area contributed by atoms with E-state index in [9.17, 15) is 64.8 Å². The first-order valence-corrected chi connectivity index (χ1v) is 26.7. The van der Waals surface area contributed by atoms with Crippen LogP contribution in [-0.4, -0.2) is 48.9 Å². The summed E-state index contributed by atoms with van der Waals surface area (Å²) in [7, 11) is -22.6. The fourth-order valence-electron chi connectivity index (χ4n) is 6.09. The van der Waals surface area contributed by atoms with Gasteiger partial charge < -0.3 is 4.74 Å². The van der Waals surface area contributed by atoms with Crippen LogP contribution in [0.25, 0.3) is 22.3 Å². The molecule has 0 amide bonds. The van der Waals surface area contributed by atoms with Crippen LogP contribution in [0.4, 0.5) is 39.5 Å². The van der Waals surface area contributed by atoms with Crippen LogP contribution < -0.4 is 4.74 Å². The molecule has 7 aromatic carbocycles. The van der Waals surface area contributed by atoms with Crippen LogP contribution in [0.5, 0.6) is 5.75 Å². The molecule has 362 valence electrons. The second kappa shape index (κ2) is 21.3. The van der Waals surface area contributed by atoms with Crippen LogP contribution in [0.2, 0.25) is 0 Å². The lowest BCUT2D eigenvalue weighted by atomic mass is 10.1. The van der Waals surface area contributed by atoms with Gasteiger partial charge in [-0.2, -0.15) is 39.5 Å². The number of alkyl halides is 9. The van der Waals surface area contributed by atoms with E-state index in [4.69, 9.17) is 4.74 Å². The van der Waals surface area contributed by atoms with Crippen LogP contribution in [0.3, 0.4) is 0 Å². The van der Waals surface area contributed by atoms with Crippen LogP contribution in [0.15, 0.2) is 216 Å². The third-order valence-corrected chi connectivity index (χ3v) is 20.7. The highest BCUT2D eigenvalue weighted by molar-refractivity contribution is 8.29. The van der Waals surface area contributed by atoms with Crippen molar-refractivity contribution in [1.29, 1.82) is 0 Å². The normalized spacial score (nSPS) is 12.6. The Labute approximate surface area is 402 Å². The van der Waals surface area contributed by atoms with Crippen LogP contribution >= 0.6 is 23.5 Å². The predicted molar refractivity (Wildman–Crippen MR) is 248 cm³/mol. The van der Waals surface area contributed by atoms with Crippen molar-refractivity contribution in [2.45, 2.75) is 50.8 Å². The lowest BCUT2D eigenvalue weighted by molar-refractivity contribution is -0.0471. The Balaban J connectivity index is 0.000000302. The van der Waals surface area contributed by atoms with Gasteiger partial charge in [0.25, 0.3) is 0 Å². The average molecular weight is 1070 g/mol. The predicted octanol–water partition coefficient (Wildman–Crippen LogP) is 13.7. The van der Waals surface area contributed by atoms with E-state index in [1.807, 2.05) is 0 Å². The Bertz CT molecular complexity index is 2920. The lowest BCUT2D eigenvalue weighted by Gasteiger charge is -2.31. The maximum atomic E-state index is 12.0. The first-order valence-electron chi connectivity index (χ1n) is 19.4. The summed E-state index contributed by atoms with van der Waals surface area (Å²) in [6, 6.07) is 65.3. The highest BCUT2D eigenvalue weighted by atomic mass is 32.3. The highest BCUT2D eigenvalue weighted by Crippen LogP contribution is 2.48. The third-order valence-electron chi connectivity index (χ3n) is 9.38. The molecular formula is C47H33F9O7S6. The summed E-state index contributed by atoms with van der Waals surface area (Å²) in [5, 5.41) is 0. The molecule has 0 saturated heterocycles. The van der Waals surface area contributed by atoms with E-state index >= 15 is 0 Å². The zero-order valence-corrected chi connectivity index (χ0v) is 39.9. The monoisotopic (exact) mass is 1070 g/mol. The lowest BCUT2D eigenvalue weighted by Crippen LogP contribution is -2.47. The van der Waals surface area contributed by atoms with Gasteiger partial charge in [0.05, 0.1) is 21.9 Å². The SMILES string of the molecule is COc1ccc([S+](c2ccc(Sc3ccc(-c4ccccc4)cc3)cc2)c2ccc(Sc3ccc(-c4ccccc4)cc3)cc2)cc1.O=S(=O)([C-](S(=O)(=O)C(F)(F)F)S(=O)(=O)C(F)(F)F)C(F)(F)F. The molecule has 0 aliphatic carbocycles. The standard InChI is InChI=1S/C43H33OS3.C4F9O6S3/c1-44-36-16-26-41(27-17-36)47(42-28-22-39(23-29-42)45-37-18-12-34(13-19-37)32-8-4-2-5-9-32)43-30-24-40(25-31-43)46-38-20-14-35(15-21-38)33-10-6-3-7-11-33;5-2(6,7)20(14,15)1(21(16,17)3(8,9)10)22(18,19)4(11,12)13/h2-31H,1H3;/q+1;-1. The first-order chi connectivity index (χ1) is 32.3. The number of hydrogen-bond donors (Lipinski definition) is 0. The number of benzene rings is 7. The van der Waals surface area contributed by atoms with E-state index in [-0.39, 0.29) is 10.9 Å². The Kier molecular flexibility index (Phi) is 16.4. The molecule has 0 aliphatic rings. The van der Waals surface area contributed by atoms with Gasteiger partial charge in [-0.3, -0.25) is 25.3 Å². The molecule has 0 unspecified atom stereocenters. The maximum absolute atomic E-state index is 12.0. The average Bonchev–Trinajstić information content (AvgIpc) is 3.30. The molecular weight excluding hydrogens is 1040 g/mol. The molecule has 0 spiro atoms. The molecule has 0 aromatic heterocycles. The molecule has 0 aliphatic heterocycles. The van der Waals surface area contributed by atoms with Gasteiger partial charge in [0.15, 0.2) is 44.2 Å². The Morgan fingerprint density at radius 1 is 0.377 bits per heavy atom. The van der Waals surface area contributed by atoms with Gasteiger partial charge >= 0.3 is 16.5 Å². The number of ether oxygens (including phenoxy) is 1. The quantitative estimate of drug-likeness (QED) is 0.0633. The Hall–Kier alpha value is -5.39. The number of hydrogen-bond acceptors (Lipinski definition) is 9. The molecule has 0 saturated carbocycles. The summed E-state index contributed by atoms with van der Waals surface area (Å²) in [5.41, 5.74) is -16.2. The van der Waals surface area contributed by atoms with E-state index < -0.39 is 50.0 Å². The van der Waals surface area contributed by atoms with Crippen molar-refractivity contribution in [3.8, 4) is 28.0 Å². The van der Waals surface area contributed by atoms with Crippen molar-refractivity contribution in [2.75, 3.05) is 7.11 Å². The zero-order valence-electron chi connectivity index (χ0n) is 35.0. The number of sulfone groups is 3. The van der Waals surface area contributed by atoms with Gasteiger partial charge in [-0.15, -0.1) is 0 Å². The van der Waals surface area contributed by atoms with Gasteiger partial charge in [-0.1, -0.05) is 108 Å². The molecule has 22 heteroatoms. The molecule has 0 atom stereocenters. The van der Waals surface area contributed by atoms with E-state index in [2.05, 4.69) is 182 Å². The zero-order chi connectivity index (χ0) is 50.4. The molecule has 7 aromatic rings. The first kappa shape index (κ1) is 53.0. The number of rotatable bonds is 13. The van der Waals surface area contributed by atoms with E-state index in [1.165, 1.54) is 56.5 Å². The number of halogens is 9. The second-order valence-electron chi connectivity index (χ2n) is 14.0. The minimum absolute atomic E-state index is 0.257. The summed E-state index contributed by atoms with van der Waals surface area (Å²) in [4.78, 5) is 8.75. The van der Waals surface area contributed by atoms with Gasteiger partial charge in [-0.25, -0.2) is 0 Å². The van der Waals surface area contributed by atoms with E-state index in [0.29, 0.717) is 0 Å². The van der Waals surface area contributed by atoms with Crippen molar-refractivity contribution >= 4 is 63.9 Å². The Morgan fingerprint density at radius 3 is 0.884 bits per heavy atom. The molecule has 0 fully saturated rings. The third kappa shape index (κ3) is 12.5. The smallest absolute Gasteiger partial charge is 0.470 e. The van der Waals surface area contributed by atoms with Crippen LogP contribution in [0, 0.1) is 3.91 Å². The van der Waals surface area contributed by atoms with Crippen LogP contribution in [-0.2, 0) is 40.4 Å². The molecule has 0 radical (unpaired) electrons. The largest absolute Gasteiger partial charge is 0.497 e. The minimum Gasteiger partial charge on any atom is -0.497 e. The highest BCUT2D eigenvalue weighted by Gasteiger charge is 2.63.